The van der Waals surface area contributed by atoms with Gasteiger partial charge in [0.25, 0.3) is 16.8 Å². The van der Waals surface area contributed by atoms with Crippen molar-refractivity contribution in [3.05, 3.63) is 117 Å². The molecule has 4 rings (SSSR count). The Kier molecular flexibility index (Phi) is 20.8. The molecule has 0 heterocycles. The maximum Gasteiger partial charge on any atom is 0.264 e. The quantitative estimate of drug-likeness (QED) is 0.0667. The normalized spacial score (nSPS) is 12.7. The van der Waals surface area contributed by atoms with Crippen molar-refractivity contribution < 1.29 is 0 Å². The molecule has 4 aromatic carbocycles. The summed E-state index contributed by atoms with van der Waals surface area (Å²) in [6, 6.07) is 27.5. The molecule has 368 valence electrons. The van der Waals surface area contributed by atoms with Gasteiger partial charge in [-0.25, -0.2) is 0 Å². The van der Waals surface area contributed by atoms with Gasteiger partial charge in [-0.3, -0.25) is 0 Å². The highest BCUT2D eigenvalue weighted by atomic mass is 28.4. The molecule has 66 heavy (non-hydrogen) atoms. The van der Waals surface area contributed by atoms with Crippen molar-refractivity contribution in [2.75, 3.05) is 19.9 Å². The Labute approximate surface area is 410 Å². The second-order valence-electron chi connectivity index (χ2n) is 23.3. The molecule has 0 aliphatic rings. The molecular weight excluding hydrogens is 833 g/mol. The van der Waals surface area contributed by atoms with Crippen molar-refractivity contribution in [3.8, 4) is 0 Å². The molecule has 4 nitrogen and oxygen atoms in total. The lowest BCUT2D eigenvalue weighted by molar-refractivity contribution is 0.829. The zero-order valence-corrected chi connectivity index (χ0v) is 48.9. The van der Waals surface area contributed by atoms with Crippen LogP contribution in [0.4, 0.5) is 22.7 Å². The van der Waals surface area contributed by atoms with Crippen molar-refractivity contribution >= 4 is 39.5 Å². The van der Waals surface area contributed by atoms with Crippen molar-refractivity contribution in [3.63, 3.8) is 0 Å². The Morgan fingerprint density at radius 1 is 0.227 bits per heavy atom. The Morgan fingerprint density at radius 2 is 0.348 bits per heavy atom. The predicted molar refractivity (Wildman–Crippen MR) is 305 cm³/mol. The SMILES string of the molecule is CC(C)c1cccc(C(C)C)c1N[Si](Nc1c(C(C)C)cccc1C(C)C)(C(C)C)C(C)C.CC(C)c1cccc(C(C)C)c1N[Si](Nc1c(C(C)C)cccc1C(C)C)(C(C)C)C(C)C. The molecule has 0 radical (unpaired) electrons. The van der Waals surface area contributed by atoms with Gasteiger partial charge in [0, 0.05) is 22.7 Å². The molecule has 0 saturated heterocycles. The van der Waals surface area contributed by atoms with Gasteiger partial charge in [0.1, 0.15) is 0 Å². The Bertz CT molecular complexity index is 1710. The molecule has 0 aliphatic carbocycles. The number of rotatable bonds is 20. The third-order valence-electron chi connectivity index (χ3n) is 14.5. The van der Waals surface area contributed by atoms with Gasteiger partial charge in [-0.2, -0.15) is 0 Å². The molecule has 0 aromatic heterocycles. The van der Waals surface area contributed by atoms with Crippen LogP contribution in [0.3, 0.4) is 0 Å². The molecule has 0 unspecified atom stereocenters. The summed E-state index contributed by atoms with van der Waals surface area (Å²) in [5, 5.41) is 0. The van der Waals surface area contributed by atoms with Crippen molar-refractivity contribution in [1.82, 2.24) is 0 Å². The zero-order chi connectivity index (χ0) is 50.2. The first-order chi connectivity index (χ1) is 30.7. The van der Waals surface area contributed by atoms with Gasteiger partial charge in [0.05, 0.1) is 0 Å². The molecule has 0 saturated carbocycles. The van der Waals surface area contributed by atoms with Gasteiger partial charge in [-0.15, -0.1) is 0 Å². The number of anilines is 4. The van der Waals surface area contributed by atoms with Gasteiger partial charge >= 0.3 is 0 Å². The second kappa shape index (κ2) is 24.2. The van der Waals surface area contributed by atoms with Gasteiger partial charge in [0.2, 0.25) is 0 Å². The number of para-hydroxylation sites is 4. The highest BCUT2D eigenvalue weighted by Gasteiger charge is 2.45. The van der Waals surface area contributed by atoms with E-state index in [1.807, 2.05) is 0 Å². The molecule has 4 aromatic rings. The van der Waals surface area contributed by atoms with E-state index in [9.17, 15) is 0 Å². The standard InChI is InChI=1S/2C30H50N2Si/c2*1-19(2)25-15-13-16-26(20(3)4)29(25)31-33(23(9)10,24(11)12)32-30-27(21(5)6)17-14-18-28(30)22(7)8/h2*13-24,31-32H,1-12H3. The summed E-state index contributed by atoms with van der Waals surface area (Å²) < 4.78 is 0. The lowest BCUT2D eigenvalue weighted by Gasteiger charge is -2.44. The molecular formula is C60H100N4Si2. The fourth-order valence-corrected chi connectivity index (χ4v) is 18.1. The van der Waals surface area contributed by atoms with Crippen LogP contribution in [0.15, 0.2) is 72.8 Å². The van der Waals surface area contributed by atoms with Crippen molar-refractivity contribution in [1.29, 1.82) is 0 Å². The van der Waals surface area contributed by atoms with E-state index in [4.69, 9.17) is 0 Å². The van der Waals surface area contributed by atoms with Crippen LogP contribution < -0.4 is 19.9 Å². The minimum Gasteiger partial charge on any atom is -0.393 e. The number of hydrogen-bond acceptors (Lipinski definition) is 4. The van der Waals surface area contributed by atoms with E-state index in [2.05, 4.69) is 259 Å². The lowest BCUT2D eigenvalue weighted by Crippen LogP contribution is -2.58. The monoisotopic (exact) mass is 933 g/mol. The Hall–Kier alpha value is -3.49. The highest BCUT2D eigenvalue weighted by Crippen LogP contribution is 2.45. The first-order valence-electron chi connectivity index (χ1n) is 26.3. The van der Waals surface area contributed by atoms with Crippen LogP contribution in [0.1, 0.15) is 258 Å². The number of hydrogen-bond donors (Lipinski definition) is 4. The van der Waals surface area contributed by atoms with Crippen LogP contribution in [-0.4, -0.2) is 16.8 Å². The average Bonchev–Trinajstić information content (AvgIpc) is 3.22. The second-order valence-corrected chi connectivity index (χ2v) is 32.4. The predicted octanol–water partition coefficient (Wildman–Crippen LogP) is 19.9. The molecule has 0 aliphatic heterocycles. The third-order valence-corrected chi connectivity index (χ3v) is 24.4. The summed E-state index contributed by atoms with van der Waals surface area (Å²) in [7, 11) is -4.48. The summed E-state index contributed by atoms with van der Waals surface area (Å²) in [5.41, 5.74) is 19.0. The van der Waals surface area contributed by atoms with Crippen LogP contribution in [0.25, 0.3) is 0 Å². The summed E-state index contributed by atoms with van der Waals surface area (Å²) in [4.78, 5) is 17.2. The molecule has 0 spiro atoms. The average molecular weight is 934 g/mol. The van der Waals surface area contributed by atoms with E-state index in [1.165, 1.54) is 67.3 Å². The summed E-state index contributed by atoms with van der Waals surface area (Å²) in [6.07, 6.45) is 0. The van der Waals surface area contributed by atoms with E-state index in [0.29, 0.717) is 69.5 Å². The van der Waals surface area contributed by atoms with E-state index in [0.717, 1.165) is 0 Å². The highest BCUT2D eigenvalue weighted by molar-refractivity contribution is 6.88. The van der Waals surface area contributed by atoms with E-state index < -0.39 is 16.8 Å². The summed E-state index contributed by atoms with van der Waals surface area (Å²) in [6.45, 7) is 56.3. The van der Waals surface area contributed by atoms with E-state index >= 15 is 0 Å². The lowest BCUT2D eigenvalue weighted by atomic mass is 9.93. The van der Waals surface area contributed by atoms with Gasteiger partial charge < -0.3 is 19.9 Å². The van der Waals surface area contributed by atoms with Gasteiger partial charge in [0.15, 0.2) is 0 Å². The van der Waals surface area contributed by atoms with Crippen LogP contribution >= 0.6 is 0 Å². The minimum absolute atomic E-state index is 0.478. The minimum atomic E-state index is -2.24. The van der Waals surface area contributed by atoms with Crippen LogP contribution in [-0.2, 0) is 0 Å². The van der Waals surface area contributed by atoms with Crippen LogP contribution in [0, 0.1) is 0 Å². The largest absolute Gasteiger partial charge is 0.393 e. The summed E-state index contributed by atoms with van der Waals surface area (Å²) >= 11 is 0. The van der Waals surface area contributed by atoms with E-state index in [1.54, 1.807) is 0 Å². The zero-order valence-electron chi connectivity index (χ0n) is 46.9. The summed E-state index contributed by atoms with van der Waals surface area (Å²) in [5.74, 6) is 3.83. The van der Waals surface area contributed by atoms with Crippen LogP contribution in [0.2, 0.25) is 22.2 Å². The van der Waals surface area contributed by atoms with E-state index in [-0.39, 0.29) is 0 Å². The molecule has 0 bridgehead atoms. The van der Waals surface area contributed by atoms with Gasteiger partial charge in [-0.05, 0) is 114 Å². The van der Waals surface area contributed by atoms with Crippen molar-refractivity contribution in [2.24, 2.45) is 0 Å². The fraction of sp³-hybridized carbons (Fsp3) is 0.600. The Morgan fingerprint density at radius 3 is 0.439 bits per heavy atom. The topological polar surface area (TPSA) is 48.1 Å². The molecule has 4 N–H and O–H groups in total. The van der Waals surface area contributed by atoms with Gasteiger partial charge in [-0.1, -0.05) is 239 Å². The first-order valence-corrected chi connectivity index (χ1v) is 30.6. The number of benzene rings is 4. The Balaban J connectivity index is 0.000000350. The maximum atomic E-state index is 4.30. The van der Waals surface area contributed by atoms with Crippen LogP contribution in [0.5, 0.6) is 0 Å². The first kappa shape index (κ1) is 56.8. The fourth-order valence-electron chi connectivity index (χ4n) is 10.2. The smallest absolute Gasteiger partial charge is 0.264 e. The molecule has 0 amide bonds. The molecule has 0 fully saturated rings. The number of nitrogens with one attached hydrogen (secondary N) is 4. The molecule has 0 atom stereocenters. The third kappa shape index (κ3) is 13.0. The van der Waals surface area contributed by atoms with Crippen molar-refractivity contribution in [2.45, 2.75) is 236 Å². The maximum absolute atomic E-state index is 4.30. The molecule has 6 heteroatoms.